The molecule has 0 bridgehead atoms. The van der Waals surface area contributed by atoms with E-state index in [0.29, 0.717) is 29.3 Å². The van der Waals surface area contributed by atoms with E-state index in [1.165, 1.54) is 14.2 Å². The lowest BCUT2D eigenvalue weighted by Gasteiger charge is -2.13. The number of benzene rings is 2. The summed E-state index contributed by atoms with van der Waals surface area (Å²) < 4.78 is 10.5. The van der Waals surface area contributed by atoms with Crippen LogP contribution in [0, 0.1) is 0 Å². The van der Waals surface area contributed by atoms with Gasteiger partial charge in [0.1, 0.15) is 17.1 Å². The highest BCUT2D eigenvalue weighted by Gasteiger charge is 2.18. The second kappa shape index (κ2) is 7.47. The number of carbonyl (C=O) groups is 1. The van der Waals surface area contributed by atoms with Gasteiger partial charge in [0.15, 0.2) is 0 Å². The topological polar surface area (TPSA) is 73.6 Å². The molecule has 22 heavy (non-hydrogen) atoms. The van der Waals surface area contributed by atoms with Gasteiger partial charge in [-0.15, -0.1) is 0 Å². The smallest absolute Gasteiger partial charge is 0.263 e. The second-order valence-electron chi connectivity index (χ2n) is 4.73. The first kappa shape index (κ1) is 15.9. The Balaban J connectivity index is 2.22. The van der Waals surface area contributed by atoms with Crippen LogP contribution in [0.2, 0.25) is 0 Å². The summed E-state index contributed by atoms with van der Waals surface area (Å²) in [6.45, 7) is 0.601. The lowest BCUT2D eigenvalue weighted by molar-refractivity contribution is 0.102. The molecule has 0 saturated heterocycles. The van der Waals surface area contributed by atoms with Crippen molar-refractivity contribution in [3.8, 4) is 11.5 Å². The third-order valence-corrected chi connectivity index (χ3v) is 3.30. The first-order valence-electron chi connectivity index (χ1n) is 7.01. The summed E-state index contributed by atoms with van der Waals surface area (Å²) in [6.07, 6.45) is 0.814. The van der Waals surface area contributed by atoms with Gasteiger partial charge in [0.05, 0.1) is 14.2 Å². The maximum atomic E-state index is 12.5. The monoisotopic (exact) mass is 300 g/mol. The van der Waals surface area contributed by atoms with Crippen LogP contribution in [0.15, 0.2) is 42.5 Å². The van der Waals surface area contributed by atoms with Gasteiger partial charge >= 0.3 is 0 Å². The molecule has 2 aromatic rings. The molecule has 0 atom stereocenters. The molecule has 0 unspecified atom stereocenters. The van der Waals surface area contributed by atoms with Gasteiger partial charge in [0.25, 0.3) is 5.91 Å². The Hall–Kier alpha value is -2.53. The van der Waals surface area contributed by atoms with Crippen molar-refractivity contribution in [1.82, 2.24) is 0 Å². The molecule has 0 aliphatic carbocycles. The fraction of sp³-hybridized carbons (Fsp3) is 0.235. The molecule has 116 valence electrons. The molecule has 0 aromatic heterocycles. The fourth-order valence-electron chi connectivity index (χ4n) is 2.19. The lowest BCUT2D eigenvalue weighted by Crippen LogP contribution is -2.14. The van der Waals surface area contributed by atoms with Gasteiger partial charge in [-0.2, -0.15) is 0 Å². The van der Waals surface area contributed by atoms with Gasteiger partial charge < -0.3 is 20.5 Å². The maximum Gasteiger partial charge on any atom is 0.263 e. The van der Waals surface area contributed by atoms with Gasteiger partial charge in [0, 0.05) is 5.69 Å². The number of carbonyl (C=O) groups excluding carboxylic acids is 1. The Bertz CT molecular complexity index is 617. The van der Waals surface area contributed by atoms with Crippen molar-refractivity contribution < 1.29 is 14.3 Å². The van der Waals surface area contributed by atoms with Crippen molar-refractivity contribution in [3.63, 3.8) is 0 Å². The number of rotatable bonds is 6. The molecule has 2 rings (SSSR count). The van der Waals surface area contributed by atoms with Crippen LogP contribution in [0.25, 0.3) is 0 Å². The van der Waals surface area contributed by atoms with E-state index in [4.69, 9.17) is 15.2 Å². The molecular weight excluding hydrogens is 280 g/mol. The van der Waals surface area contributed by atoms with E-state index in [-0.39, 0.29) is 5.91 Å². The molecular formula is C17H20N2O3. The molecule has 0 aliphatic rings. The highest BCUT2D eigenvalue weighted by molar-refractivity contribution is 6.08. The third kappa shape index (κ3) is 3.56. The number of methoxy groups -OCH3 is 2. The van der Waals surface area contributed by atoms with Crippen LogP contribution in [-0.2, 0) is 6.42 Å². The number of hydrogen-bond acceptors (Lipinski definition) is 4. The molecule has 1 amide bonds. The number of ether oxygens (including phenoxy) is 2. The summed E-state index contributed by atoms with van der Waals surface area (Å²) in [5.41, 5.74) is 7.74. The van der Waals surface area contributed by atoms with E-state index in [2.05, 4.69) is 5.32 Å². The summed E-state index contributed by atoms with van der Waals surface area (Å²) >= 11 is 0. The van der Waals surface area contributed by atoms with E-state index in [0.717, 1.165) is 12.0 Å². The van der Waals surface area contributed by atoms with E-state index >= 15 is 0 Å². The largest absolute Gasteiger partial charge is 0.496 e. The minimum atomic E-state index is -0.277. The molecule has 0 spiro atoms. The van der Waals surface area contributed by atoms with Crippen molar-refractivity contribution in [2.24, 2.45) is 5.73 Å². The zero-order valence-corrected chi connectivity index (χ0v) is 12.8. The number of anilines is 1. The Morgan fingerprint density at radius 3 is 2.14 bits per heavy atom. The van der Waals surface area contributed by atoms with Crippen LogP contribution in [0.1, 0.15) is 15.9 Å². The van der Waals surface area contributed by atoms with Crippen LogP contribution in [0.5, 0.6) is 11.5 Å². The van der Waals surface area contributed by atoms with Crippen molar-refractivity contribution in [2.75, 3.05) is 26.1 Å². The van der Waals surface area contributed by atoms with Crippen molar-refractivity contribution >= 4 is 11.6 Å². The molecule has 5 heteroatoms. The van der Waals surface area contributed by atoms with Gasteiger partial charge in [-0.05, 0) is 42.8 Å². The van der Waals surface area contributed by atoms with Crippen LogP contribution in [0.3, 0.4) is 0 Å². The van der Waals surface area contributed by atoms with Gasteiger partial charge in [-0.3, -0.25) is 4.79 Å². The van der Waals surface area contributed by atoms with Crippen LogP contribution < -0.4 is 20.5 Å². The normalized spacial score (nSPS) is 10.1. The predicted octanol–water partition coefficient (Wildman–Crippen LogP) is 2.46. The molecule has 0 heterocycles. The zero-order chi connectivity index (χ0) is 15.9. The Morgan fingerprint density at radius 1 is 1.05 bits per heavy atom. The SMILES string of the molecule is COc1cccc(OC)c1C(=O)Nc1ccc(CCN)cc1. The van der Waals surface area contributed by atoms with Crippen molar-refractivity contribution in [3.05, 3.63) is 53.6 Å². The molecule has 5 nitrogen and oxygen atoms in total. The van der Waals surface area contributed by atoms with Gasteiger partial charge in [0.2, 0.25) is 0 Å². The van der Waals surface area contributed by atoms with Crippen LogP contribution in [-0.4, -0.2) is 26.7 Å². The average molecular weight is 300 g/mol. The van der Waals surface area contributed by atoms with Crippen LogP contribution in [0.4, 0.5) is 5.69 Å². The number of nitrogens with two attached hydrogens (primary N) is 1. The number of nitrogens with one attached hydrogen (secondary N) is 1. The highest BCUT2D eigenvalue weighted by atomic mass is 16.5. The van der Waals surface area contributed by atoms with E-state index < -0.39 is 0 Å². The summed E-state index contributed by atoms with van der Waals surface area (Å²) in [7, 11) is 3.04. The highest BCUT2D eigenvalue weighted by Crippen LogP contribution is 2.29. The molecule has 2 aromatic carbocycles. The average Bonchev–Trinajstić information content (AvgIpc) is 2.56. The van der Waals surface area contributed by atoms with Crippen molar-refractivity contribution in [2.45, 2.75) is 6.42 Å². The third-order valence-electron chi connectivity index (χ3n) is 3.30. The standard InChI is InChI=1S/C17H20N2O3/c1-21-14-4-3-5-15(22-2)16(14)17(20)19-13-8-6-12(7-9-13)10-11-18/h3-9H,10-11,18H2,1-2H3,(H,19,20). The van der Waals surface area contributed by atoms with Crippen molar-refractivity contribution in [1.29, 1.82) is 0 Å². The minimum absolute atomic E-state index is 0.277. The molecule has 0 fully saturated rings. The van der Waals surface area contributed by atoms with Gasteiger partial charge in [-0.25, -0.2) is 0 Å². The molecule has 0 saturated carbocycles. The Labute approximate surface area is 130 Å². The second-order valence-corrected chi connectivity index (χ2v) is 4.73. The quantitative estimate of drug-likeness (QED) is 0.859. The Kier molecular flexibility index (Phi) is 5.38. The first-order valence-corrected chi connectivity index (χ1v) is 7.01. The van der Waals surface area contributed by atoms with Gasteiger partial charge in [-0.1, -0.05) is 18.2 Å². The van der Waals surface area contributed by atoms with Crippen LogP contribution >= 0.6 is 0 Å². The fourth-order valence-corrected chi connectivity index (χ4v) is 2.19. The lowest BCUT2D eigenvalue weighted by atomic mass is 10.1. The summed E-state index contributed by atoms with van der Waals surface area (Å²) in [5.74, 6) is 0.661. The minimum Gasteiger partial charge on any atom is -0.496 e. The van der Waals surface area contributed by atoms with E-state index in [1.54, 1.807) is 18.2 Å². The number of hydrogen-bond donors (Lipinski definition) is 2. The molecule has 0 aliphatic heterocycles. The summed E-state index contributed by atoms with van der Waals surface area (Å²) in [4.78, 5) is 12.5. The first-order chi connectivity index (χ1) is 10.7. The van der Waals surface area contributed by atoms with E-state index in [1.807, 2.05) is 24.3 Å². The predicted molar refractivity (Wildman–Crippen MR) is 86.7 cm³/mol. The zero-order valence-electron chi connectivity index (χ0n) is 12.8. The Morgan fingerprint density at radius 2 is 1.64 bits per heavy atom. The molecule has 0 radical (unpaired) electrons. The van der Waals surface area contributed by atoms with E-state index in [9.17, 15) is 4.79 Å². The summed E-state index contributed by atoms with van der Waals surface area (Å²) in [5, 5.41) is 2.85. The molecule has 3 N–H and O–H groups in total. The maximum absolute atomic E-state index is 12.5. The number of amides is 1. The summed E-state index contributed by atoms with van der Waals surface area (Å²) in [6, 6.07) is 12.8.